The quantitative estimate of drug-likeness (QED) is 0.345. The van der Waals surface area contributed by atoms with Gasteiger partial charge in [0.25, 0.3) is 5.91 Å². The Balaban J connectivity index is 1.61. The van der Waals surface area contributed by atoms with Crippen LogP contribution in [-0.2, 0) is 19.1 Å². The van der Waals surface area contributed by atoms with Crippen LogP contribution in [0.15, 0.2) is 48.5 Å². The molecule has 0 radical (unpaired) electrons. The van der Waals surface area contributed by atoms with Crippen molar-refractivity contribution in [2.45, 2.75) is 51.2 Å². The highest BCUT2D eigenvalue weighted by Crippen LogP contribution is 2.44. The number of alkyl carbamates (subject to hydrolysis) is 1. The van der Waals surface area contributed by atoms with Crippen molar-refractivity contribution in [2.75, 3.05) is 6.61 Å². The van der Waals surface area contributed by atoms with Gasteiger partial charge in [-0.1, -0.05) is 48.5 Å². The van der Waals surface area contributed by atoms with Gasteiger partial charge >= 0.3 is 12.1 Å². The standard InChI is InChI=1S/C24H28N2O6/c1-24(2,3)32-21(27)13-12-20(22(28)26-30)25-23(29)31-14-19-17-10-6-4-8-15(17)16-9-5-7-11-18(16)19/h4-11,19-20,30H,12-14H2,1-3H3,(H,25,29)(H,26,28)/t20-/m0/s1. The molecule has 0 spiro atoms. The molecule has 8 nitrogen and oxygen atoms in total. The Labute approximate surface area is 186 Å². The first-order valence-corrected chi connectivity index (χ1v) is 10.5. The number of nitrogens with one attached hydrogen (secondary N) is 2. The summed E-state index contributed by atoms with van der Waals surface area (Å²) in [5.74, 6) is -1.48. The zero-order valence-corrected chi connectivity index (χ0v) is 18.4. The predicted octanol–water partition coefficient (Wildman–Crippen LogP) is 3.52. The maximum atomic E-state index is 12.4. The van der Waals surface area contributed by atoms with E-state index in [0.717, 1.165) is 22.3 Å². The van der Waals surface area contributed by atoms with E-state index in [-0.39, 0.29) is 25.4 Å². The molecular weight excluding hydrogens is 412 g/mol. The Morgan fingerprint density at radius 2 is 1.56 bits per heavy atom. The third-order valence-corrected chi connectivity index (χ3v) is 5.12. The monoisotopic (exact) mass is 440 g/mol. The van der Waals surface area contributed by atoms with Gasteiger partial charge in [0, 0.05) is 12.3 Å². The van der Waals surface area contributed by atoms with Crippen LogP contribution < -0.4 is 10.8 Å². The number of fused-ring (bicyclic) bond motifs is 3. The van der Waals surface area contributed by atoms with Gasteiger partial charge in [0.1, 0.15) is 18.2 Å². The topological polar surface area (TPSA) is 114 Å². The Kier molecular flexibility index (Phi) is 7.15. The molecule has 170 valence electrons. The fourth-order valence-electron chi connectivity index (χ4n) is 3.78. The molecule has 2 aromatic rings. The minimum atomic E-state index is -1.15. The van der Waals surface area contributed by atoms with Crippen molar-refractivity contribution in [1.82, 2.24) is 10.8 Å². The average molecular weight is 440 g/mol. The van der Waals surface area contributed by atoms with Gasteiger partial charge in [0.05, 0.1) is 0 Å². The van der Waals surface area contributed by atoms with Crippen molar-refractivity contribution in [1.29, 1.82) is 0 Å². The first-order chi connectivity index (χ1) is 15.2. The number of esters is 1. The molecule has 3 N–H and O–H groups in total. The van der Waals surface area contributed by atoms with E-state index in [4.69, 9.17) is 14.7 Å². The highest BCUT2D eigenvalue weighted by Gasteiger charge is 2.30. The van der Waals surface area contributed by atoms with E-state index in [9.17, 15) is 14.4 Å². The highest BCUT2D eigenvalue weighted by atomic mass is 16.6. The summed E-state index contributed by atoms with van der Waals surface area (Å²) in [6.07, 6.45) is -0.977. The molecule has 0 fully saturated rings. The molecule has 0 aromatic heterocycles. The van der Waals surface area contributed by atoms with E-state index in [1.54, 1.807) is 20.8 Å². The molecule has 3 rings (SSSR count). The largest absolute Gasteiger partial charge is 0.460 e. The summed E-state index contributed by atoms with van der Waals surface area (Å²) in [5, 5.41) is 11.4. The number of carbonyl (C=O) groups excluding carboxylic acids is 3. The molecule has 2 amide bonds. The van der Waals surface area contributed by atoms with Crippen molar-refractivity contribution in [3.8, 4) is 11.1 Å². The maximum Gasteiger partial charge on any atom is 0.407 e. The van der Waals surface area contributed by atoms with Crippen LogP contribution in [0.4, 0.5) is 4.79 Å². The fourth-order valence-corrected chi connectivity index (χ4v) is 3.78. The third kappa shape index (κ3) is 5.64. The van der Waals surface area contributed by atoms with Crippen LogP contribution in [0.3, 0.4) is 0 Å². The summed E-state index contributed by atoms with van der Waals surface area (Å²) in [5.41, 5.74) is 5.18. The summed E-state index contributed by atoms with van der Waals surface area (Å²) in [6.45, 7) is 5.28. The summed E-state index contributed by atoms with van der Waals surface area (Å²) in [6, 6.07) is 14.7. The van der Waals surface area contributed by atoms with Gasteiger partial charge in [0.15, 0.2) is 0 Å². The average Bonchev–Trinajstić information content (AvgIpc) is 3.07. The van der Waals surface area contributed by atoms with Gasteiger partial charge < -0.3 is 14.8 Å². The Bertz CT molecular complexity index is 952. The molecule has 0 unspecified atom stereocenters. The molecule has 0 heterocycles. The van der Waals surface area contributed by atoms with Crippen molar-refractivity contribution in [2.24, 2.45) is 0 Å². The van der Waals surface area contributed by atoms with Crippen LogP contribution in [0.2, 0.25) is 0 Å². The summed E-state index contributed by atoms with van der Waals surface area (Å²) in [4.78, 5) is 36.3. The maximum absolute atomic E-state index is 12.4. The van der Waals surface area contributed by atoms with E-state index in [1.165, 1.54) is 5.48 Å². The first kappa shape index (κ1) is 23.3. The van der Waals surface area contributed by atoms with Gasteiger partial charge in [0.2, 0.25) is 0 Å². The van der Waals surface area contributed by atoms with Crippen LogP contribution in [0.5, 0.6) is 0 Å². The zero-order valence-electron chi connectivity index (χ0n) is 18.4. The van der Waals surface area contributed by atoms with Crippen LogP contribution in [0.1, 0.15) is 50.7 Å². The molecule has 0 aliphatic heterocycles. The smallest absolute Gasteiger partial charge is 0.407 e. The number of ether oxygens (including phenoxy) is 2. The van der Waals surface area contributed by atoms with Crippen LogP contribution in [-0.4, -0.2) is 41.4 Å². The third-order valence-electron chi connectivity index (χ3n) is 5.12. The Hall–Kier alpha value is -3.39. The molecule has 0 bridgehead atoms. The molecule has 0 saturated carbocycles. The van der Waals surface area contributed by atoms with Gasteiger partial charge in [-0.15, -0.1) is 0 Å². The molecule has 2 aromatic carbocycles. The lowest BCUT2D eigenvalue weighted by Crippen LogP contribution is -2.46. The predicted molar refractivity (Wildman–Crippen MR) is 117 cm³/mol. The van der Waals surface area contributed by atoms with E-state index < -0.39 is 29.6 Å². The Morgan fingerprint density at radius 3 is 2.09 bits per heavy atom. The number of hydrogen-bond acceptors (Lipinski definition) is 6. The van der Waals surface area contributed by atoms with Gasteiger partial charge in [-0.25, -0.2) is 10.3 Å². The molecule has 1 atom stereocenters. The number of benzene rings is 2. The lowest BCUT2D eigenvalue weighted by molar-refractivity contribution is -0.155. The number of carbonyl (C=O) groups is 3. The second-order valence-electron chi connectivity index (χ2n) is 8.62. The summed E-state index contributed by atoms with van der Waals surface area (Å²) >= 11 is 0. The van der Waals surface area contributed by atoms with E-state index in [0.29, 0.717) is 0 Å². The van der Waals surface area contributed by atoms with E-state index in [1.807, 2.05) is 48.5 Å². The summed E-state index contributed by atoms with van der Waals surface area (Å²) in [7, 11) is 0. The van der Waals surface area contributed by atoms with Crippen LogP contribution >= 0.6 is 0 Å². The van der Waals surface area contributed by atoms with Crippen molar-refractivity contribution < 1.29 is 29.1 Å². The highest BCUT2D eigenvalue weighted by molar-refractivity contribution is 5.85. The van der Waals surface area contributed by atoms with Crippen LogP contribution in [0, 0.1) is 0 Å². The van der Waals surface area contributed by atoms with Gasteiger partial charge in [-0.3, -0.25) is 14.8 Å². The molecular formula is C24H28N2O6. The summed E-state index contributed by atoms with van der Waals surface area (Å²) < 4.78 is 10.6. The number of hydrogen-bond donors (Lipinski definition) is 3. The lowest BCUT2D eigenvalue weighted by atomic mass is 9.98. The minimum Gasteiger partial charge on any atom is -0.460 e. The van der Waals surface area contributed by atoms with E-state index in [2.05, 4.69) is 5.32 Å². The van der Waals surface area contributed by atoms with Crippen molar-refractivity contribution in [3.05, 3.63) is 59.7 Å². The number of hydroxylamine groups is 1. The molecule has 32 heavy (non-hydrogen) atoms. The van der Waals surface area contributed by atoms with E-state index >= 15 is 0 Å². The normalized spacial score (nSPS) is 13.5. The second kappa shape index (κ2) is 9.82. The second-order valence-corrected chi connectivity index (χ2v) is 8.62. The molecule has 8 heteroatoms. The van der Waals surface area contributed by atoms with Crippen LogP contribution in [0.25, 0.3) is 11.1 Å². The first-order valence-electron chi connectivity index (χ1n) is 10.5. The Morgan fingerprint density at radius 1 is 1.00 bits per heavy atom. The number of amides is 2. The lowest BCUT2D eigenvalue weighted by Gasteiger charge is -2.21. The minimum absolute atomic E-state index is 0.0501. The number of rotatable bonds is 7. The molecule has 0 saturated heterocycles. The zero-order chi connectivity index (χ0) is 23.3. The van der Waals surface area contributed by atoms with Gasteiger partial charge in [-0.05, 0) is 49.4 Å². The SMILES string of the molecule is CC(C)(C)OC(=O)CC[C@H](NC(=O)OCC1c2ccccc2-c2ccccc21)C(=O)NO. The van der Waals surface area contributed by atoms with Crippen molar-refractivity contribution in [3.63, 3.8) is 0 Å². The fraction of sp³-hybridized carbons (Fsp3) is 0.375. The van der Waals surface area contributed by atoms with Gasteiger partial charge in [-0.2, -0.15) is 0 Å². The molecule has 1 aliphatic carbocycles. The van der Waals surface area contributed by atoms with Crippen molar-refractivity contribution >= 4 is 18.0 Å². The molecule has 1 aliphatic rings.